The molecular formula is C10H16Cl2N2O2. The highest BCUT2D eigenvalue weighted by molar-refractivity contribution is 6.27. The van der Waals surface area contributed by atoms with Gasteiger partial charge in [-0.05, 0) is 12.8 Å². The van der Waals surface area contributed by atoms with Crippen LogP contribution in [0.2, 0.25) is 0 Å². The van der Waals surface area contributed by atoms with Crippen LogP contribution in [0.5, 0.6) is 0 Å². The average molecular weight is 267 g/mol. The fourth-order valence-electron chi connectivity index (χ4n) is 1.97. The smallest absolute Gasteiger partial charge is 0.235 e. The summed E-state index contributed by atoms with van der Waals surface area (Å²) < 4.78 is 0. The lowest BCUT2D eigenvalue weighted by Gasteiger charge is -2.32. The molecule has 4 nitrogen and oxygen atoms in total. The van der Waals surface area contributed by atoms with Crippen LogP contribution in [0.1, 0.15) is 25.7 Å². The number of carbonyl (C=O) groups is 2. The number of hydrogen-bond acceptors (Lipinski definition) is 2. The van der Waals surface area contributed by atoms with E-state index >= 15 is 0 Å². The number of halogens is 2. The fraction of sp³-hybridized carbons (Fsp3) is 0.800. The Labute approximate surface area is 105 Å². The molecule has 6 heteroatoms. The van der Waals surface area contributed by atoms with Gasteiger partial charge in [-0.25, -0.2) is 0 Å². The highest BCUT2D eigenvalue weighted by Gasteiger charge is 2.27. The topological polar surface area (TPSA) is 58.2 Å². The van der Waals surface area contributed by atoms with Crippen LogP contribution < -0.4 is 10.6 Å². The van der Waals surface area contributed by atoms with E-state index in [4.69, 9.17) is 23.2 Å². The molecule has 2 atom stereocenters. The highest BCUT2D eigenvalue weighted by Crippen LogP contribution is 2.18. The van der Waals surface area contributed by atoms with Crippen molar-refractivity contribution in [3.63, 3.8) is 0 Å². The number of nitrogens with one attached hydrogen (secondary N) is 2. The van der Waals surface area contributed by atoms with Crippen LogP contribution in [0.25, 0.3) is 0 Å². The minimum atomic E-state index is -0.196. The summed E-state index contributed by atoms with van der Waals surface area (Å²) in [6, 6.07) is -0.0423. The minimum absolute atomic E-state index is 0.0211. The third-order valence-corrected chi connectivity index (χ3v) is 3.19. The van der Waals surface area contributed by atoms with E-state index in [1.54, 1.807) is 0 Å². The Kier molecular flexibility index (Phi) is 5.91. The van der Waals surface area contributed by atoms with E-state index in [-0.39, 0.29) is 35.7 Å². The SMILES string of the molecule is O=C(CCl)NC1CCCC[C@H]1NC(=O)CCl. The maximum atomic E-state index is 11.2. The second-order valence-corrected chi connectivity index (χ2v) is 4.43. The molecule has 0 radical (unpaired) electrons. The molecule has 0 aromatic carbocycles. The largest absolute Gasteiger partial charge is 0.350 e. The third-order valence-electron chi connectivity index (χ3n) is 2.70. The maximum Gasteiger partial charge on any atom is 0.235 e. The monoisotopic (exact) mass is 266 g/mol. The second-order valence-electron chi connectivity index (χ2n) is 3.90. The molecule has 16 heavy (non-hydrogen) atoms. The number of rotatable bonds is 4. The van der Waals surface area contributed by atoms with E-state index < -0.39 is 0 Å². The molecule has 0 heterocycles. The predicted molar refractivity (Wildman–Crippen MR) is 63.8 cm³/mol. The first-order valence-corrected chi connectivity index (χ1v) is 6.45. The Morgan fingerprint density at radius 3 is 1.62 bits per heavy atom. The standard InChI is InChI=1S/C10H16Cl2N2O2/c11-5-9(15)13-7-3-1-2-4-8(7)14-10(16)6-12/h7-8H,1-6H2,(H,13,15)(H,14,16)/t7-,8?/m1/s1. The molecule has 1 aliphatic rings. The number of alkyl halides is 2. The minimum Gasteiger partial charge on any atom is -0.350 e. The summed E-state index contributed by atoms with van der Waals surface area (Å²) >= 11 is 10.9. The fourth-order valence-corrected chi connectivity index (χ4v) is 2.12. The molecule has 0 saturated heterocycles. The van der Waals surface area contributed by atoms with Gasteiger partial charge in [0.1, 0.15) is 11.8 Å². The van der Waals surface area contributed by atoms with Gasteiger partial charge in [0, 0.05) is 12.1 Å². The summed E-state index contributed by atoms with van der Waals surface area (Å²) in [5.74, 6) is -0.489. The van der Waals surface area contributed by atoms with Gasteiger partial charge < -0.3 is 10.6 Å². The lowest BCUT2D eigenvalue weighted by molar-refractivity contribution is -0.122. The van der Waals surface area contributed by atoms with Crippen LogP contribution in [0, 0.1) is 0 Å². The zero-order chi connectivity index (χ0) is 12.0. The summed E-state index contributed by atoms with van der Waals surface area (Å²) in [5.41, 5.74) is 0. The average Bonchev–Trinajstić information content (AvgIpc) is 2.31. The van der Waals surface area contributed by atoms with Crippen LogP contribution in [0.15, 0.2) is 0 Å². The van der Waals surface area contributed by atoms with Crippen LogP contribution in [-0.4, -0.2) is 35.7 Å². The van der Waals surface area contributed by atoms with Gasteiger partial charge >= 0.3 is 0 Å². The summed E-state index contributed by atoms with van der Waals surface area (Å²) in [6.45, 7) is 0. The van der Waals surface area contributed by atoms with Crippen molar-refractivity contribution in [1.29, 1.82) is 0 Å². The van der Waals surface area contributed by atoms with Crippen molar-refractivity contribution in [2.45, 2.75) is 37.8 Å². The first kappa shape index (κ1) is 13.6. The molecule has 1 aliphatic carbocycles. The Morgan fingerprint density at radius 1 is 0.938 bits per heavy atom. The van der Waals surface area contributed by atoms with E-state index in [9.17, 15) is 9.59 Å². The highest BCUT2D eigenvalue weighted by atomic mass is 35.5. The maximum absolute atomic E-state index is 11.2. The number of carbonyl (C=O) groups excluding carboxylic acids is 2. The Morgan fingerprint density at radius 2 is 1.31 bits per heavy atom. The van der Waals surface area contributed by atoms with Gasteiger partial charge in [-0.2, -0.15) is 0 Å². The lowest BCUT2D eigenvalue weighted by atomic mass is 9.90. The predicted octanol–water partition coefficient (Wildman–Crippen LogP) is 1.01. The molecule has 0 aromatic rings. The van der Waals surface area contributed by atoms with Crippen molar-refractivity contribution in [2.24, 2.45) is 0 Å². The molecule has 2 amide bonds. The molecular weight excluding hydrogens is 251 g/mol. The first-order valence-electron chi connectivity index (χ1n) is 5.38. The molecule has 0 aromatic heterocycles. The van der Waals surface area contributed by atoms with Crippen LogP contribution in [-0.2, 0) is 9.59 Å². The van der Waals surface area contributed by atoms with Gasteiger partial charge in [0.2, 0.25) is 11.8 Å². The van der Waals surface area contributed by atoms with Crippen LogP contribution >= 0.6 is 23.2 Å². The Bertz CT molecular complexity index is 235. The van der Waals surface area contributed by atoms with Gasteiger partial charge in [-0.3, -0.25) is 9.59 Å². The molecule has 1 rings (SSSR count). The molecule has 2 N–H and O–H groups in total. The molecule has 0 bridgehead atoms. The zero-order valence-electron chi connectivity index (χ0n) is 8.97. The molecule has 1 fully saturated rings. The van der Waals surface area contributed by atoms with Crippen molar-refractivity contribution < 1.29 is 9.59 Å². The van der Waals surface area contributed by atoms with Crippen molar-refractivity contribution in [1.82, 2.24) is 10.6 Å². The molecule has 1 saturated carbocycles. The molecule has 92 valence electrons. The van der Waals surface area contributed by atoms with Gasteiger partial charge in [0.15, 0.2) is 0 Å². The lowest BCUT2D eigenvalue weighted by Crippen LogP contribution is -2.53. The summed E-state index contributed by atoms with van der Waals surface area (Å²) in [4.78, 5) is 22.4. The van der Waals surface area contributed by atoms with Crippen LogP contribution in [0.4, 0.5) is 0 Å². The van der Waals surface area contributed by atoms with Gasteiger partial charge in [0.25, 0.3) is 0 Å². The summed E-state index contributed by atoms with van der Waals surface area (Å²) in [5, 5.41) is 5.64. The van der Waals surface area contributed by atoms with E-state index in [0.29, 0.717) is 0 Å². The van der Waals surface area contributed by atoms with Crippen molar-refractivity contribution in [3.05, 3.63) is 0 Å². The number of hydrogen-bond donors (Lipinski definition) is 2. The summed E-state index contributed by atoms with van der Waals surface area (Å²) in [6.07, 6.45) is 3.85. The van der Waals surface area contributed by atoms with Crippen LogP contribution in [0.3, 0.4) is 0 Å². The van der Waals surface area contributed by atoms with E-state index in [0.717, 1.165) is 25.7 Å². The van der Waals surface area contributed by atoms with Crippen molar-refractivity contribution in [2.75, 3.05) is 11.8 Å². The number of amides is 2. The summed E-state index contributed by atoms with van der Waals surface area (Å²) in [7, 11) is 0. The quantitative estimate of drug-likeness (QED) is 0.747. The van der Waals surface area contributed by atoms with Gasteiger partial charge in [0.05, 0.1) is 0 Å². The van der Waals surface area contributed by atoms with Crippen molar-refractivity contribution >= 4 is 35.0 Å². The second kappa shape index (κ2) is 6.97. The van der Waals surface area contributed by atoms with E-state index in [1.165, 1.54) is 0 Å². The Balaban J connectivity index is 2.49. The third kappa shape index (κ3) is 4.18. The zero-order valence-corrected chi connectivity index (χ0v) is 10.5. The molecule has 0 spiro atoms. The molecule has 0 aliphatic heterocycles. The van der Waals surface area contributed by atoms with E-state index in [1.807, 2.05) is 0 Å². The van der Waals surface area contributed by atoms with Crippen molar-refractivity contribution in [3.8, 4) is 0 Å². The Hall–Kier alpha value is -0.480. The normalized spacial score (nSPS) is 24.9. The molecule has 1 unspecified atom stereocenters. The van der Waals surface area contributed by atoms with Gasteiger partial charge in [-0.1, -0.05) is 12.8 Å². The first-order chi connectivity index (χ1) is 7.67. The van der Waals surface area contributed by atoms with E-state index in [2.05, 4.69) is 10.6 Å². The van der Waals surface area contributed by atoms with Gasteiger partial charge in [-0.15, -0.1) is 23.2 Å².